The van der Waals surface area contributed by atoms with Gasteiger partial charge in [0.05, 0.1) is 0 Å². The maximum absolute atomic E-state index is 11.6. The van der Waals surface area contributed by atoms with E-state index in [1.165, 1.54) is 30.6 Å². The highest BCUT2D eigenvalue weighted by Gasteiger charge is 2.05. The average Bonchev–Trinajstić information content (AvgIpc) is 2.42. The lowest BCUT2D eigenvalue weighted by atomic mass is 10.0. The molecule has 0 aromatic heterocycles. The molecule has 1 aromatic rings. The predicted octanol–water partition coefficient (Wildman–Crippen LogP) is 5.56. The summed E-state index contributed by atoms with van der Waals surface area (Å²) in [4.78, 5) is 13.0. The zero-order valence-corrected chi connectivity index (χ0v) is 13.1. The van der Waals surface area contributed by atoms with Crippen LogP contribution in [0.3, 0.4) is 0 Å². The number of thioether (sulfide) groups is 1. The molecule has 19 heavy (non-hydrogen) atoms. The lowest BCUT2D eigenvalue weighted by Gasteiger charge is -2.07. The van der Waals surface area contributed by atoms with E-state index in [2.05, 4.69) is 19.3 Å². The van der Waals surface area contributed by atoms with Gasteiger partial charge < -0.3 is 0 Å². The Labute approximate surface area is 121 Å². The Balaban J connectivity index is 2.77. The smallest absolute Gasteiger partial charge is 0.160 e. The van der Waals surface area contributed by atoms with Crippen molar-refractivity contribution < 1.29 is 4.79 Å². The molecular weight excluding hydrogens is 252 g/mol. The van der Waals surface area contributed by atoms with E-state index in [0.29, 0.717) is 0 Å². The molecule has 0 N–H and O–H groups in total. The summed E-state index contributed by atoms with van der Waals surface area (Å²) in [7, 11) is 0. The van der Waals surface area contributed by atoms with Crippen LogP contribution in [0.2, 0.25) is 0 Å². The van der Waals surface area contributed by atoms with Crippen LogP contribution in [-0.4, -0.2) is 12.0 Å². The first-order valence-corrected chi connectivity index (χ1v) is 8.26. The molecule has 0 aliphatic carbocycles. The van der Waals surface area contributed by atoms with E-state index in [4.69, 9.17) is 0 Å². The van der Waals surface area contributed by atoms with Crippen LogP contribution >= 0.6 is 11.8 Å². The van der Waals surface area contributed by atoms with Crippen molar-refractivity contribution in [3.8, 4) is 0 Å². The molecule has 0 aliphatic rings. The van der Waals surface area contributed by atoms with E-state index >= 15 is 0 Å². The molecule has 0 unspecified atom stereocenters. The Morgan fingerprint density at radius 2 is 1.95 bits per heavy atom. The SMILES string of the molecule is CCCCCC/C(=C\c1ccccc1C(C)=O)SC. The number of hydrogen-bond donors (Lipinski definition) is 0. The van der Waals surface area contributed by atoms with Crippen molar-refractivity contribution in [1.82, 2.24) is 0 Å². The van der Waals surface area contributed by atoms with Crippen LogP contribution < -0.4 is 0 Å². The summed E-state index contributed by atoms with van der Waals surface area (Å²) in [5.74, 6) is 0.137. The van der Waals surface area contributed by atoms with Crippen LogP contribution in [0, 0.1) is 0 Å². The van der Waals surface area contributed by atoms with Gasteiger partial charge in [0.15, 0.2) is 5.78 Å². The van der Waals surface area contributed by atoms with Crippen molar-refractivity contribution in [2.75, 3.05) is 6.26 Å². The fraction of sp³-hybridized carbons (Fsp3) is 0.471. The molecule has 0 aliphatic heterocycles. The van der Waals surface area contributed by atoms with E-state index in [9.17, 15) is 4.79 Å². The van der Waals surface area contributed by atoms with Gasteiger partial charge in [-0.15, -0.1) is 11.8 Å². The molecule has 0 saturated heterocycles. The van der Waals surface area contributed by atoms with Gasteiger partial charge in [-0.1, -0.05) is 50.5 Å². The summed E-state index contributed by atoms with van der Waals surface area (Å²) < 4.78 is 0. The lowest BCUT2D eigenvalue weighted by Crippen LogP contribution is -1.95. The molecule has 0 bridgehead atoms. The molecule has 0 amide bonds. The fourth-order valence-electron chi connectivity index (χ4n) is 2.08. The molecule has 0 fully saturated rings. The number of carbonyl (C=O) groups is 1. The third-order valence-electron chi connectivity index (χ3n) is 3.20. The highest BCUT2D eigenvalue weighted by atomic mass is 32.2. The second-order valence-corrected chi connectivity index (χ2v) is 5.70. The quantitative estimate of drug-likeness (QED) is 0.456. The number of unbranched alkanes of at least 4 members (excludes halogenated alkanes) is 3. The Bertz CT molecular complexity index is 435. The minimum atomic E-state index is 0.137. The molecule has 1 rings (SSSR count). The predicted molar refractivity (Wildman–Crippen MR) is 86.7 cm³/mol. The van der Waals surface area contributed by atoms with Gasteiger partial charge in [-0.25, -0.2) is 0 Å². The zero-order valence-electron chi connectivity index (χ0n) is 12.2. The van der Waals surface area contributed by atoms with Crippen molar-refractivity contribution in [3.63, 3.8) is 0 Å². The van der Waals surface area contributed by atoms with E-state index in [-0.39, 0.29) is 5.78 Å². The maximum atomic E-state index is 11.6. The van der Waals surface area contributed by atoms with Gasteiger partial charge in [-0.2, -0.15) is 0 Å². The molecule has 2 heteroatoms. The number of ketones is 1. The van der Waals surface area contributed by atoms with Crippen molar-refractivity contribution in [1.29, 1.82) is 0 Å². The van der Waals surface area contributed by atoms with Gasteiger partial charge in [0, 0.05) is 5.56 Å². The van der Waals surface area contributed by atoms with Gasteiger partial charge >= 0.3 is 0 Å². The minimum absolute atomic E-state index is 0.137. The number of allylic oxidation sites excluding steroid dienone is 1. The Morgan fingerprint density at radius 1 is 1.21 bits per heavy atom. The van der Waals surface area contributed by atoms with Gasteiger partial charge in [-0.05, 0) is 42.6 Å². The van der Waals surface area contributed by atoms with Gasteiger partial charge in [0.25, 0.3) is 0 Å². The van der Waals surface area contributed by atoms with E-state index in [0.717, 1.165) is 17.5 Å². The fourth-order valence-corrected chi connectivity index (χ4v) is 2.67. The molecule has 1 nitrogen and oxygen atoms in total. The average molecular weight is 276 g/mol. The maximum Gasteiger partial charge on any atom is 0.160 e. The molecule has 0 heterocycles. The minimum Gasteiger partial charge on any atom is -0.294 e. The Kier molecular flexibility index (Phi) is 7.57. The lowest BCUT2D eigenvalue weighted by molar-refractivity contribution is 0.101. The van der Waals surface area contributed by atoms with Crippen LogP contribution in [0.4, 0.5) is 0 Å². The normalized spacial score (nSPS) is 11.6. The van der Waals surface area contributed by atoms with E-state index in [1.807, 2.05) is 24.3 Å². The standard InChI is InChI=1S/C17H24OS/c1-4-5-6-7-11-16(19-3)13-15-10-8-9-12-17(15)14(2)18/h8-10,12-13H,4-7,11H2,1-3H3/b16-13+. The highest BCUT2D eigenvalue weighted by Crippen LogP contribution is 2.24. The van der Waals surface area contributed by atoms with Crippen molar-refractivity contribution >= 4 is 23.6 Å². The van der Waals surface area contributed by atoms with Gasteiger partial charge in [0.1, 0.15) is 0 Å². The third-order valence-corrected chi connectivity index (χ3v) is 4.04. The molecule has 0 saturated carbocycles. The number of carbonyl (C=O) groups excluding carboxylic acids is 1. The van der Waals surface area contributed by atoms with Gasteiger partial charge in [-0.3, -0.25) is 4.79 Å². The first-order chi connectivity index (χ1) is 9.19. The first-order valence-electron chi connectivity index (χ1n) is 7.03. The number of rotatable bonds is 8. The molecule has 0 atom stereocenters. The summed E-state index contributed by atoms with van der Waals surface area (Å²) >= 11 is 1.79. The van der Waals surface area contributed by atoms with Crippen molar-refractivity contribution in [3.05, 3.63) is 40.3 Å². The van der Waals surface area contributed by atoms with Crippen LogP contribution in [-0.2, 0) is 0 Å². The van der Waals surface area contributed by atoms with Crippen molar-refractivity contribution in [2.45, 2.75) is 46.0 Å². The molecule has 1 aromatic carbocycles. The largest absolute Gasteiger partial charge is 0.294 e. The number of Topliss-reactive ketones (excluding diaryl/α,β-unsaturated/α-hetero) is 1. The van der Waals surface area contributed by atoms with Crippen LogP contribution in [0.1, 0.15) is 61.9 Å². The second-order valence-electron chi connectivity index (χ2n) is 4.77. The second kappa shape index (κ2) is 8.98. The van der Waals surface area contributed by atoms with E-state index < -0.39 is 0 Å². The zero-order chi connectivity index (χ0) is 14.1. The monoisotopic (exact) mass is 276 g/mol. The summed E-state index contributed by atoms with van der Waals surface area (Å²) in [6.45, 7) is 3.86. The van der Waals surface area contributed by atoms with E-state index in [1.54, 1.807) is 18.7 Å². The summed E-state index contributed by atoms with van der Waals surface area (Å²) in [5.41, 5.74) is 1.87. The first kappa shape index (κ1) is 16.0. The topological polar surface area (TPSA) is 17.1 Å². The third kappa shape index (κ3) is 5.65. The van der Waals surface area contributed by atoms with Crippen molar-refractivity contribution in [2.24, 2.45) is 0 Å². The summed E-state index contributed by atoms with van der Waals surface area (Å²) in [5, 5.41) is 0. The van der Waals surface area contributed by atoms with Crippen LogP contribution in [0.5, 0.6) is 0 Å². The summed E-state index contributed by atoms with van der Waals surface area (Å²) in [6.07, 6.45) is 10.5. The number of benzene rings is 1. The Morgan fingerprint density at radius 3 is 2.58 bits per heavy atom. The van der Waals surface area contributed by atoms with Gasteiger partial charge in [0.2, 0.25) is 0 Å². The summed E-state index contributed by atoms with van der Waals surface area (Å²) in [6, 6.07) is 7.85. The Hall–Kier alpha value is -1.02. The molecule has 0 spiro atoms. The highest BCUT2D eigenvalue weighted by molar-refractivity contribution is 8.02. The molecule has 104 valence electrons. The van der Waals surface area contributed by atoms with Crippen LogP contribution in [0.25, 0.3) is 6.08 Å². The molecular formula is C17H24OS. The molecule has 0 radical (unpaired) electrons. The van der Waals surface area contributed by atoms with Crippen LogP contribution in [0.15, 0.2) is 29.2 Å². The number of hydrogen-bond acceptors (Lipinski definition) is 2.